The zero-order valence-electron chi connectivity index (χ0n) is 20.5. The van der Waals surface area contributed by atoms with Crippen LogP contribution in [0.1, 0.15) is 17.7 Å². The minimum atomic E-state index is -3.87. The Hall–Kier alpha value is -4.35. The van der Waals surface area contributed by atoms with Crippen molar-refractivity contribution in [2.75, 3.05) is 13.6 Å². The van der Waals surface area contributed by atoms with Crippen LogP contribution in [0.2, 0.25) is 0 Å². The van der Waals surface area contributed by atoms with Crippen LogP contribution in [0, 0.1) is 6.92 Å². The van der Waals surface area contributed by atoms with Gasteiger partial charge < -0.3 is 19.5 Å². The third kappa shape index (κ3) is 3.78. The molecule has 4 heterocycles. The zero-order chi connectivity index (χ0) is 26.7. The van der Waals surface area contributed by atoms with Crippen molar-refractivity contribution in [1.82, 2.24) is 25.0 Å². The van der Waals surface area contributed by atoms with Crippen molar-refractivity contribution in [3.63, 3.8) is 0 Å². The number of carbonyl (C=O) groups is 1. The van der Waals surface area contributed by atoms with Crippen molar-refractivity contribution in [3.8, 4) is 22.4 Å². The van der Waals surface area contributed by atoms with Gasteiger partial charge in [-0.15, -0.1) is 0 Å². The van der Waals surface area contributed by atoms with Gasteiger partial charge in [-0.25, -0.2) is 18.4 Å². The summed E-state index contributed by atoms with van der Waals surface area (Å²) in [6.45, 7) is 2.25. The normalized spacial score (nSPS) is 18.0. The highest BCUT2D eigenvalue weighted by Crippen LogP contribution is 2.36. The molecule has 0 spiro atoms. The summed E-state index contributed by atoms with van der Waals surface area (Å²) in [5.74, 6) is -0.334. The molecule has 1 aliphatic rings. The van der Waals surface area contributed by atoms with Crippen LogP contribution in [0.25, 0.3) is 33.5 Å². The second-order valence-corrected chi connectivity index (χ2v) is 11.3. The summed E-state index contributed by atoms with van der Waals surface area (Å²) >= 11 is 0. The van der Waals surface area contributed by atoms with Gasteiger partial charge in [-0.2, -0.15) is 0 Å². The van der Waals surface area contributed by atoms with Gasteiger partial charge in [-0.1, -0.05) is 35.5 Å². The summed E-state index contributed by atoms with van der Waals surface area (Å²) in [5.41, 5.74) is 2.49. The number of aryl methyl sites for hydroxylation is 1. The maximum atomic E-state index is 13.2. The topological polar surface area (TPSA) is 142 Å². The smallest absolute Gasteiger partial charge is 0.262 e. The van der Waals surface area contributed by atoms with Gasteiger partial charge in [-0.3, -0.25) is 4.79 Å². The molecule has 192 valence electrons. The number of aromatic amines is 1. The van der Waals surface area contributed by atoms with Crippen molar-refractivity contribution in [1.29, 1.82) is 0 Å². The summed E-state index contributed by atoms with van der Waals surface area (Å²) < 4.78 is 31.9. The van der Waals surface area contributed by atoms with Crippen LogP contribution >= 0.6 is 0 Å². The maximum Gasteiger partial charge on any atom is 0.262 e. The number of nitrogens with zero attached hydrogens (tertiary/aromatic N) is 4. The molecule has 2 N–H and O–H groups in total. The van der Waals surface area contributed by atoms with Gasteiger partial charge in [0.25, 0.3) is 5.91 Å². The molecule has 3 aromatic heterocycles. The number of rotatable bonds is 5. The van der Waals surface area contributed by atoms with Crippen molar-refractivity contribution in [2.24, 2.45) is 0 Å². The Balaban J connectivity index is 1.38. The van der Waals surface area contributed by atoms with E-state index in [4.69, 9.17) is 4.52 Å². The third-order valence-corrected chi connectivity index (χ3v) is 8.45. The van der Waals surface area contributed by atoms with E-state index in [-0.39, 0.29) is 22.1 Å². The van der Waals surface area contributed by atoms with E-state index in [1.54, 1.807) is 31.4 Å². The Labute approximate surface area is 217 Å². The minimum absolute atomic E-state index is 0.0937. The number of H-pyrrole nitrogens is 1. The Morgan fingerprint density at radius 3 is 2.66 bits per heavy atom. The molecule has 0 radical (unpaired) electrons. The Kier molecular flexibility index (Phi) is 5.44. The standard InChI is InChI=1S/C27H23N5O5S/c1-16-5-3-8-19(11-16)38(35,36)23-15-29-25-24(30-23)20(14-28-25)17-6-4-7-18(12-17)21-13-22(37-31-21)27(34)9-10-32(2)26(27)33/h3-8,11-15,34H,9-10H2,1-2H3,(H,28,29)/t27-/m1/s1. The van der Waals surface area contributed by atoms with E-state index in [9.17, 15) is 18.3 Å². The summed E-state index contributed by atoms with van der Waals surface area (Å²) in [6, 6.07) is 15.6. The van der Waals surface area contributed by atoms with Crippen molar-refractivity contribution >= 4 is 26.9 Å². The molecule has 10 nitrogen and oxygen atoms in total. The summed E-state index contributed by atoms with van der Waals surface area (Å²) in [7, 11) is -2.24. The van der Waals surface area contributed by atoms with Crippen molar-refractivity contribution in [2.45, 2.75) is 28.9 Å². The molecular formula is C27H23N5O5S. The van der Waals surface area contributed by atoms with Gasteiger partial charge in [0.15, 0.2) is 16.4 Å². The number of fused-ring (bicyclic) bond motifs is 1. The second-order valence-electron chi connectivity index (χ2n) is 9.42. The first-order valence-electron chi connectivity index (χ1n) is 11.9. The molecule has 1 saturated heterocycles. The second kappa shape index (κ2) is 8.61. The van der Waals surface area contributed by atoms with Gasteiger partial charge in [0.1, 0.15) is 11.2 Å². The van der Waals surface area contributed by atoms with Crippen molar-refractivity contribution in [3.05, 3.63) is 78.3 Å². The van der Waals surface area contributed by atoms with Crippen LogP contribution in [0.4, 0.5) is 0 Å². The van der Waals surface area contributed by atoms with E-state index in [1.165, 1.54) is 17.2 Å². The van der Waals surface area contributed by atoms with Gasteiger partial charge in [0, 0.05) is 43.4 Å². The molecule has 1 amide bonds. The predicted octanol–water partition coefficient (Wildman–Crippen LogP) is 3.47. The largest absolute Gasteiger partial charge is 0.373 e. The molecular weight excluding hydrogens is 506 g/mol. The van der Waals surface area contributed by atoms with Gasteiger partial charge in [0.05, 0.1) is 11.1 Å². The molecule has 0 saturated carbocycles. The van der Waals surface area contributed by atoms with Gasteiger partial charge in [-0.05, 0) is 36.2 Å². The highest BCUT2D eigenvalue weighted by Gasteiger charge is 2.48. The van der Waals surface area contributed by atoms with E-state index in [1.807, 2.05) is 37.3 Å². The fraction of sp³-hybridized carbons (Fsp3) is 0.185. The van der Waals surface area contributed by atoms with Crippen LogP contribution < -0.4 is 0 Å². The van der Waals surface area contributed by atoms with E-state index >= 15 is 0 Å². The number of amides is 1. The van der Waals surface area contributed by atoms with Crippen LogP contribution in [0.15, 0.2) is 81.4 Å². The molecule has 6 rings (SSSR count). The molecule has 0 unspecified atom stereocenters. The fourth-order valence-corrected chi connectivity index (χ4v) is 5.91. The Bertz CT molecular complexity index is 1830. The number of aromatic nitrogens is 4. The SMILES string of the molecule is Cc1cccc(S(=O)(=O)c2cnc3[nH]cc(-c4cccc(-c5cc([C@]6(O)CCN(C)C6=O)on5)c4)c3n2)c1. The number of hydrogen-bond donors (Lipinski definition) is 2. The lowest BCUT2D eigenvalue weighted by Gasteiger charge is -2.16. The lowest BCUT2D eigenvalue weighted by molar-refractivity contribution is -0.144. The Morgan fingerprint density at radius 2 is 1.89 bits per heavy atom. The Morgan fingerprint density at radius 1 is 1.11 bits per heavy atom. The van der Waals surface area contributed by atoms with Crippen LogP contribution in [0.5, 0.6) is 0 Å². The van der Waals surface area contributed by atoms with E-state index in [2.05, 4.69) is 20.1 Å². The summed E-state index contributed by atoms with van der Waals surface area (Å²) in [4.78, 5) is 25.9. The molecule has 0 bridgehead atoms. The molecule has 1 atom stereocenters. The third-order valence-electron chi connectivity index (χ3n) is 6.83. The minimum Gasteiger partial charge on any atom is -0.373 e. The molecule has 1 fully saturated rings. The average Bonchev–Trinajstić information content (AvgIpc) is 3.64. The number of likely N-dealkylation sites (tertiary alicyclic amines) is 1. The maximum absolute atomic E-state index is 13.2. The van der Waals surface area contributed by atoms with Crippen LogP contribution in [0.3, 0.4) is 0 Å². The van der Waals surface area contributed by atoms with Gasteiger partial charge >= 0.3 is 0 Å². The number of benzene rings is 2. The lowest BCUT2D eigenvalue weighted by Crippen LogP contribution is -2.35. The van der Waals surface area contributed by atoms with E-state index in [0.717, 1.165) is 11.1 Å². The molecule has 1 aliphatic heterocycles. The van der Waals surface area contributed by atoms with Crippen LogP contribution in [-0.4, -0.2) is 58.0 Å². The first kappa shape index (κ1) is 24.0. The first-order valence-corrected chi connectivity index (χ1v) is 13.4. The summed E-state index contributed by atoms with van der Waals surface area (Å²) in [5, 5.41) is 14.8. The lowest BCUT2D eigenvalue weighted by atomic mass is 9.97. The zero-order valence-corrected chi connectivity index (χ0v) is 21.4. The number of hydrogen-bond acceptors (Lipinski definition) is 8. The van der Waals surface area contributed by atoms with Crippen molar-refractivity contribution < 1.29 is 22.8 Å². The monoisotopic (exact) mass is 529 g/mol. The number of nitrogens with one attached hydrogen (secondary N) is 1. The highest BCUT2D eigenvalue weighted by atomic mass is 32.2. The fourth-order valence-electron chi connectivity index (χ4n) is 4.66. The molecule has 38 heavy (non-hydrogen) atoms. The van der Waals surface area contributed by atoms with E-state index < -0.39 is 21.3 Å². The average molecular weight is 530 g/mol. The van der Waals surface area contributed by atoms with Gasteiger partial charge in [0.2, 0.25) is 15.4 Å². The molecule has 11 heteroatoms. The van der Waals surface area contributed by atoms with Crippen LogP contribution in [-0.2, 0) is 20.2 Å². The number of sulfone groups is 1. The number of carbonyl (C=O) groups excluding carboxylic acids is 1. The highest BCUT2D eigenvalue weighted by molar-refractivity contribution is 7.91. The molecule has 2 aromatic carbocycles. The van der Waals surface area contributed by atoms with E-state index in [0.29, 0.717) is 34.5 Å². The molecule has 0 aliphatic carbocycles. The number of likely N-dealkylation sites (N-methyl/N-ethyl adjacent to an activating group) is 1. The number of aliphatic hydroxyl groups is 1. The first-order chi connectivity index (χ1) is 18.2. The predicted molar refractivity (Wildman–Crippen MR) is 138 cm³/mol. The quantitative estimate of drug-likeness (QED) is 0.352. The molecule has 5 aromatic rings. The summed E-state index contributed by atoms with van der Waals surface area (Å²) in [6.07, 6.45) is 3.19.